The van der Waals surface area contributed by atoms with Crippen LogP contribution in [0.3, 0.4) is 0 Å². The van der Waals surface area contributed by atoms with E-state index in [1.807, 2.05) is 48.5 Å². The molecule has 1 saturated heterocycles. The zero-order valence-electron chi connectivity index (χ0n) is 20.8. The van der Waals surface area contributed by atoms with Gasteiger partial charge in [-0.2, -0.15) is 0 Å². The second-order valence-electron chi connectivity index (χ2n) is 9.20. The number of benzene rings is 3. The van der Waals surface area contributed by atoms with Crippen LogP contribution in [-0.2, 0) is 9.59 Å². The minimum absolute atomic E-state index is 0.0676. The first-order valence-electron chi connectivity index (χ1n) is 12.7. The third kappa shape index (κ3) is 6.31. The number of thioether (sulfide) groups is 1. The fraction of sp³-hybridized carbons (Fsp3) is 0.233. The van der Waals surface area contributed by atoms with E-state index in [0.29, 0.717) is 21.5 Å². The lowest BCUT2D eigenvalue weighted by Crippen LogP contribution is -2.40. The smallest absolute Gasteiger partial charge is 0.267 e. The number of amides is 2. The number of rotatable bonds is 7. The van der Waals surface area contributed by atoms with Crippen molar-refractivity contribution in [3.8, 4) is 5.75 Å². The van der Waals surface area contributed by atoms with E-state index < -0.39 is 5.82 Å². The monoisotopic (exact) mass is 529 g/mol. The topological polar surface area (TPSA) is 71.0 Å². The van der Waals surface area contributed by atoms with Crippen LogP contribution >= 0.6 is 11.8 Å². The standard InChI is InChI=1S/C30H28FN3O3S/c31-25-13-7-8-14-26(25)33-30-34(23-11-5-2-6-12-23)29(36)27(38-30)19-21-15-17-24(18-16-21)37-20-28(35)32-22-9-3-1-4-10-22/h1,3-4,7-10,13-19,23H,2,5-6,11-12,20H2,(H,32,35)/b27-19-,33-30?. The highest BCUT2D eigenvalue weighted by Crippen LogP contribution is 2.38. The normalized spacial score (nSPS) is 18.2. The van der Waals surface area contributed by atoms with Gasteiger partial charge in [0.1, 0.15) is 17.3 Å². The van der Waals surface area contributed by atoms with Gasteiger partial charge < -0.3 is 10.1 Å². The Morgan fingerprint density at radius 3 is 2.45 bits per heavy atom. The molecule has 1 aliphatic carbocycles. The van der Waals surface area contributed by atoms with Gasteiger partial charge in [0.2, 0.25) is 0 Å². The number of carbonyl (C=O) groups excluding carboxylic acids is 2. The van der Waals surface area contributed by atoms with Crippen LogP contribution in [-0.4, -0.2) is 34.5 Å². The average molecular weight is 530 g/mol. The van der Waals surface area contributed by atoms with Gasteiger partial charge in [-0.3, -0.25) is 14.5 Å². The molecule has 3 aromatic carbocycles. The van der Waals surface area contributed by atoms with Crippen LogP contribution in [0.5, 0.6) is 5.75 Å². The van der Waals surface area contributed by atoms with Gasteiger partial charge >= 0.3 is 0 Å². The van der Waals surface area contributed by atoms with E-state index in [-0.39, 0.29) is 30.2 Å². The van der Waals surface area contributed by atoms with Crippen LogP contribution in [0.15, 0.2) is 88.8 Å². The minimum atomic E-state index is -0.415. The largest absolute Gasteiger partial charge is 0.484 e. The number of hydrogen-bond donors (Lipinski definition) is 1. The van der Waals surface area contributed by atoms with Crippen molar-refractivity contribution in [1.29, 1.82) is 0 Å². The molecule has 38 heavy (non-hydrogen) atoms. The number of carbonyl (C=O) groups is 2. The molecule has 0 aromatic heterocycles. The average Bonchev–Trinajstić information content (AvgIpc) is 3.24. The highest BCUT2D eigenvalue weighted by molar-refractivity contribution is 8.18. The van der Waals surface area contributed by atoms with Crippen molar-refractivity contribution in [1.82, 2.24) is 4.90 Å². The number of nitrogens with zero attached hydrogens (tertiary/aromatic N) is 2. The summed E-state index contributed by atoms with van der Waals surface area (Å²) in [6.45, 7) is -0.115. The molecule has 2 fully saturated rings. The summed E-state index contributed by atoms with van der Waals surface area (Å²) in [5, 5.41) is 3.30. The van der Waals surface area contributed by atoms with Crippen LogP contribution in [0.25, 0.3) is 6.08 Å². The molecule has 8 heteroatoms. The molecule has 0 bridgehead atoms. The second kappa shape index (κ2) is 12.1. The molecule has 0 unspecified atom stereocenters. The Labute approximate surface area is 225 Å². The number of hydrogen-bond acceptors (Lipinski definition) is 5. The quantitative estimate of drug-likeness (QED) is 0.343. The molecular weight excluding hydrogens is 501 g/mol. The van der Waals surface area contributed by atoms with E-state index in [0.717, 1.165) is 37.7 Å². The van der Waals surface area contributed by atoms with E-state index in [1.165, 1.54) is 17.8 Å². The van der Waals surface area contributed by atoms with Crippen LogP contribution in [0.4, 0.5) is 15.8 Å². The summed E-state index contributed by atoms with van der Waals surface area (Å²) in [6.07, 6.45) is 6.94. The minimum Gasteiger partial charge on any atom is -0.484 e. The van der Waals surface area contributed by atoms with E-state index in [2.05, 4.69) is 10.3 Å². The predicted octanol–water partition coefficient (Wildman–Crippen LogP) is 6.78. The summed E-state index contributed by atoms with van der Waals surface area (Å²) < 4.78 is 20.0. The number of halogens is 1. The summed E-state index contributed by atoms with van der Waals surface area (Å²) in [5.74, 6) is -0.219. The van der Waals surface area contributed by atoms with Gasteiger partial charge in [-0.25, -0.2) is 9.38 Å². The Balaban J connectivity index is 1.29. The number of amidine groups is 1. The summed E-state index contributed by atoms with van der Waals surface area (Å²) in [4.78, 5) is 32.5. The Kier molecular flexibility index (Phi) is 8.19. The molecule has 2 amide bonds. The summed E-state index contributed by atoms with van der Waals surface area (Å²) in [5.41, 5.74) is 1.75. The van der Waals surface area contributed by atoms with Gasteiger partial charge in [0.15, 0.2) is 11.8 Å². The van der Waals surface area contributed by atoms with Gasteiger partial charge in [0, 0.05) is 11.7 Å². The van der Waals surface area contributed by atoms with Gasteiger partial charge in [0.05, 0.1) is 4.91 Å². The van der Waals surface area contributed by atoms with Crippen LogP contribution in [0, 0.1) is 5.82 Å². The lowest BCUT2D eigenvalue weighted by atomic mass is 9.94. The predicted molar refractivity (Wildman–Crippen MR) is 150 cm³/mol. The fourth-order valence-electron chi connectivity index (χ4n) is 4.55. The molecule has 5 rings (SSSR count). The molecule has 194 valence electrons. The van der Waals surface area contributed by atoms with E-state index in [9.17, 15) is 14.0 Å². The Morgan fingerprint density at radius 1 is 1.00 bits per heavy atom. The summed E-state index contributed by atoms with van der Waals surface area (Å²) in [7, 11) is 0. The maximum absolute atomic E-state index is 14.3. The molecule has 1 heterocycles. The first-order chi connectivity index (χ1) is 18.6. The van der Waals surface area contributed by atoms with Crippen molar-refractivity contribution in [3.63, 3.8) is 0 Å². The van der Waals surface area contributed by atoms with Crippen molar-refractivity contribution in [2.75, 3.05) is 11.9 Å². The highest BCUT2D eigenvalue weighted by atomic mass is 32.2. The maximum atomic E-state index is 14.3. The van der Waals surface area contributed by atoms with E-state index in [1.54, 1.807) is 35.2 Å². The number of para-hydroxylation sites is 2. The molecule has 0 spiro atoms. The van der Waals surface area contributed by atoms with Crippen molar-refractivity contribution >= 4 is 46.2 Å². The molecule has 0 radical (unpaired) electrons. The van der Waals surface area contributed by atoms with E-state index >= 15 is 0 Å². The number of aliphatic imine (C=N–C) groups is 1. The van der Waals surface area contributed by atoms with Gasteiger partial charge in [0.25, 0.3) is 11.8 Å². The third-order valence-corrected chi connectivity index (χ3v) is 7.43. The second-order valence-corrected chi connectivity index (χ2v) is 10.2. The molecule has 2 aliphatic rings. The SMILES string of the molecule is O=C(COc1ccc(/C=C2\SC(=Nc3ccccc3F)N(C3CCCCC3)C2=O)cc1)Nc1ccccc1. The van der Waals surface area contributed by atoms with Gasteiger partial charge in [-0.1, -0.05) is 61.7 Å². The molecular formula is C30H28FN3O3S. The van der Waals surface area contributed by atoms with Crippen molar-refractivity contribution < 1.29 is 18.7 Å². The first-order valence-corrected chi connectivity index (χ1v) is 13.5. The van der Waals surface area contributed by atoms with Crippen molar-refractivity contribution in [2.45, 2.75) is 38.1 Å². The Morgan fingerprint density at radius 2 is 1.71 bits per heavy atom. The molecule has 1 N–H and O–H groups in total. The number of nitrogens with one attached hydrogen (secondary N) is 1. The van der Waals surface area contributed by atoms with Gasteiger partial charge in [-0.05, 0) is 72.6 Å². The molecule has 0 atom stereocenters. The molecule has 1 saturated carbocycles. The van der Waals surface area contributed by atoms with Crippen LogP contribution in [0.1, 0.15) is 37.7 Å². The summed E-state index contributed by atoms with van der Waals surface area (Å²) in [6, 6.07) is 22.8. The van der Waals surface area contributed by atoms with Gasteiger partial charge in [-0.15, -0.1) is 0 Å². The Bertz CT molecular complexity index is 1350. The lowest BCUT2D eigenvalue weighted by Gasteiger charge is -2.30. The lowest BCUT2D eigenvalue weighted by molar-refractivity contribution is -0.124. The molecule has 3 aromatic rings. The number of anilines is 1. The fourth-order valence-corrected chi connectivity index (χ4v) is 5.60. The molecule has 1 aliphatic heterocycles. The first kappa shape index (κ1) is 25.7. The third-order valence-electron chi connectivity index (χ3n) is 6.45. The zero-order chi connectivity index (χ0) is 26.3. The van der Waals surface area contributed by atoms with Crippen molar-refractivity contribution in [3.05, 3.63) is 95.1 Å². The zero-order valence-corrected chi connectivity index (χ0v) is 21.6. The number of ether oxygens (including phenoxy) is 1. The van der Waals surface area contributed by atoms with E-state index in [4.69, 9.17) is 4.74 Å². The highest BCUT2D eigenvalue weighted by Gasteiger charge is 2.38. The Hall–Kier alpha value is -3.91. The molecule has 6 nitrogen and oxygen atoms in total. The van der Waals surface area contributed by atoms with Crippen molar-refractivity contribution in [2.24, 2.45) is 4.99 Å². The van der Waals surface area contributed by atoms with Crippen LogP contribution in [0.2, 0.25) is 0 Å². The van der Waals surface area contributed by atoms with Crippen LogP contribution < -0.4 is 10.1 Å². The maximum Gasteiger partial charge on any atom is 0.267 e. The summed E-state index contributed by atoms with van der Waals surface area (Å²) >= 11 is 1.27.